The van der Waals surface area contributed by atoms with Crippen LogP contribution in [0.25, 0.3) is 0 Å². The van der Waals surface area contributed by atoms with E-state index in [0.29, 0.717) is 0 Å². The van der Waals surface area contributed by atoms with Gasteiger partial charge in [0.05, 0.1) is 0 Å². The fourth-order valence-electron chi connectivity index (χ4n) is 0.862. The molecule has 0 saturated carbocycles. The summed E-state index contributed by atoms with van der Waals surface area (Å²) in [5, 5.41) is 0. The number of ether oxygens (including phenoxy) is 2. The van der Waals surface area contributed by atoms with Crippen LogP contribution >= 0.6 is 0 Å². The van der Waals surface area contributed by atoms with E-state index in [-0.39, 0.29) is 0 Å². The van der Waals surface area contributed by atoms with E-state index < -0.39 is 30.2 Å². The maximum Gasteiger partial charge on any atom is 0.514 e. The van der Waals surface area contributed by atoms with Crippen molar-refractivity contribution < 1.29 is 49.4 Å². The molecule has 0 aromatic carbocycles. The van der Waals surface area contributed by atoms with Crippen LogP contribution in [0.15, 0.2) is 0 Å². The van der Waals surface area contributed by atoms with Gasteiger partial charge in [0.25, 0.3) is 0 Å². The van der Waals surface area contributed by atoms with Crippen LogP contribution in [0.1, 0.15) is 0 Å². The van der Waals surface area contributed by atoms with E-state index in [2.05, 4.69) is 9.47 Å². The molecule has 1 heterocycles. The number of hydrogen-bond donors (Lipinski definition) is 0. The van der Waals surface area contributed by atoms with Gasteiger partial charge in [-0.25, -0.2) is 4.79 Å². The zero-order valence-electron chi connectivity index (χ0n) is 6.75. The summed E-state index contributed by atoms with van der Waals surface area (Å²) >= 11 is 0. The first-order valence-electron chi connectivity index (χ1n) is 3.28. The van der Waals surface area contributed by atoms with E-state index >= 15 is 0 Å². The van der Waals surface area contributed by atoms with Gasteiger partial charge in [-0.1, -0.05) is 0 Å². The largest absolute Gasteiger partial charge is 0.514 e. The van der Waals surface area contributed by atoms with E-state index in [1.807, 2.05) is 0 Å². The first kappa shape index (κ1) is 12.8. The lowest BCUT2D eigenvalue weighted by molar-refractivity contribution is -0.422. The quantitative estimate of drug-likeness (QED) is 0.496. The molecule has 11 heteroatoms. The average molecular weight is 260 g/mol. The van der Waals surface area contributed by atoms with Gasteiger partial charge in [0.1, 0.15) is 0 Å². The van der Waals surface area contributed by atoms with Crippen molar-refractivity contribution >= 4 is 6.16 Å². The van der Waals surface area contributed by atoms with Crippen molar-refractivity contribution in [3.05, 3.63) is 0 Å². The number of carbonyl (C=O) groups is 1. The second-order valence-corrected chi connectivity index (χ2v) is 2.64. The molecule has 0 aromatic heterocycles. The summed E-state index contributed by atoms with van der Waals surface area (Å²) in [5.41, 5.74) is 0. The summed E-state index contributed by atoms with van der Waals surface area (Å²) in [4.78, 5) is 10.0. The molecule has 0 N–H and O–H groups in total. The van der Waals surface area contributed by atoms with Crippen LogP contribution in [-0.2, 0) is 9.47 Å². The van der Waals surface area contributed by atoms with E-state index in [9.17, 15) is 39.9 Å². The Morgan fingerprint density at radius 3 is 1.25 bits per heavy atom. The molecule has 0 radical (unpaired) electrons. The fraction of sp³-hybridized carbons (Fsp3) is 0.800. The minimum Gasteiger partial charge on any atom is -0.381 e. The summed E-state index contributed by atoms with van der Waals surface area (Å²) in [6.45, 7) is 0. The molecule has 1 fully saturated rings. The third-order valence-corrected chi connectivity index (χ3v) is 1.59. The number of hydrogen-bond acceptors (Lipinski definition) is 3. The highest BCUT2D eigenvalue weighted by Crippen LogP contribution is 2.56. The third kappa shape index (κ3) is 1.37. The van der Waals surface area contributed by atoms with Crippen molar-refractivity contribution in [3.63, 3.8) is 0 Å². The minimum atomic E-state index is -6.44. The van der Waals surface area contributed by atoms with E-state index in [1.165, 1.54) is 0 Å². The van der Waals surface area contributed by atoms with Crippen LogP contribution in [0.3, 0.4) is 0 Å². The molecule has 3 nitrogen and oxygen atoms in total. The lowest BCUT2D eigenvalue weighted by Crippen LogP contribution is -2.62. The Morgan fingerprint density at radius 1 is 0.812 bits per heavy atom. The number of carbonyl (C=O) groups excluding carboxylic acids is 1. The van der Waals surface area contributed by atoms with E-state index in [4.69, 9.17) is 0 Å². The molecule has 2 atom stereocenters. The molecular formula is C5F8O3. The molecule has 16 heavy (non-hydrogen) atoms. The molecule has 2 unspecified atom stereocenters. The number of halogens is 8. The lowest BCUT2D eigenvalue weighted by atomic mass is 10.1. The first-order valence-corrected chi connectivity index (χ1v) is 3.28. The molecule has 0 spiro atoms. The van der Waals surface area contributed by atoms with Gasteiger partial charge in [0, 0.05) is 0 Å². The monoisotopic (exact) mass is 260 g/mol. The van der Waals surface area contributed by atoms with E-state index in [1.54, 1.807) is 0 Å². The highest BCUT2D eigenvalue weighted by Gasteiger charge is 2.89. The van der Waals surface area contributed by atoms with Gasteiger partial charge in [-0.2, -0.15) is 35.1 Å². The van der Waals surface area contributed by atoms with Crippen molar-refractivity contribution in [1.82, 2.24) is 0 Å². The molecule has 1 aliphatic heterocycles. The van der Waals surface area contributed by atoms with Crippen molar-refractivity contribution in [1.29, 1.82) is 0 Å². The van der Waals surface area contributed by atoms with Crippen LogP contribution in [0, 0.1) is 0 Å². The fourth-order valence-corrected chi connectivity index (χ4v) is 0.862. The first-order chi connectivity index (χ1) is 6.85. The van der Waals surface area contributed by atoms with Gasteiger partial charge in [0.15, 0.2) is 0 Å². The average Bonchev–Trinajstić information content (AvgIpc) is 2.21. The van der Waals surface area contributed by atoms with Crippen molar-refractivity contribution in [2.45, 2.75) is 24.1 Å². The Bertz CT molecular complexity index is 291. The third-order valence-electron chi connectivity index (χ3n) is 1.59. The molecule has 0 amide bonds. The van der Waals surface area contributed by atoms with Gasteiger partial charge in [-0.15, -0.1) is 0 Å². The van der Waals surface area contributed by atoms with E-state index in [0.717, 1.165) is 0 Å². The predicted octanol–water partition coefficient (Wildman–Crippen LogP) is 2.61. The smallest absolute Gasteiger partial charge is 0.381 e. The Labute approximate surface area is 80.9 Å². The van der Waals surface area contributed by atoms with Crippen LogP contribution in [-0.4, -0.2) is 30.2 Å². The number of rotatable bonds is 0. The standard InChI is InChI=1S/C5F8O3/c6-2(4(8,9)10)3(7,5(11,12)13)16-1(14)15-2. The Kier molecular flexibility index (Phi) is 2.30. The number of cyclic esters (lactones) is 2. The Hall–Kier alpha value is -1.29. The second kappa shape index (κ2) is 2.88. The topological polar surface area (TPSA) is 35.5 Å². The summed E-state index contributed by atoms with van der Waals surface area (Å²) in [6, 6.07) is 0. The molecule has 1 aliphatic rings. The maximum atomic E-state index is 12.8. The van der Waals surface area contributed by atoms with Crippen molar-refractivity contribution in [2.75, 3.05) is 0 Å². The van der Waals surface area contributed by atoms with Gasteiger partial charge in [0.2, 0.25) is 0 Å². The molecular weight excluding hydrogens is 260 g/mol. The molecule has 1 rings (SSSR count). The molecule has 94 valence electrons. The molecule has 1 saturated heterocycles. The minimum absolute atomic E-state index is 2.61. The summed E-state index contributed by atoms with van der Waals surface area (Å²) in [6.07, 6.45) is -15.6. The highest BCUT2D eigenvalue weighted by molar-refractivity contribution is 5.64. The van der Waals surface area contributed by atoms with Gasteiger partial charge in [-0.3, -0.25) is 0 Å². The van der Waals surface area contributed by atoms with Crippen LogP contribution < -0.4 is 0 Å². The Balaban J connectivity index is 3.34. The van der Waals surface area contributed by atoms with Crippen LogP contribution in [0.4, 0.5) is 39.9 Å². The highest BCUT2D eigenvalue weighted by atomic mass is 19.4. The summed E-state index contributed by atoms with van der Waals surface area (Å²) in [7, 11) is 0. The SMILES string of the molecule is O=C1OC(F)(C(F)(F)F)C(F)(C(F)(F)F)O1. The Morgan fingerprint density at radius 2 is 1.06 bits per heavy atom. The zero-order chi connectivity index (χ0) is 13.0. The molecule has 0 bridgehead atoms. The molecule has 0 aliphatic carbocycles. The normalized spacial score (nSPS) is 35.9. The second-order valence-electron chi connectivity index (χ2n) is 2.64. The summed E-state index contributed by atoms with van der Waals surface area (Å²) in [5.74, 6) is -11.8. The lowest BCUT2D eigenvalue weighted by Gasteiger charge is -2.30. The zero-order valence-corrected chi connectivity index (χ0v) is 6.75. The van der Waals surface area contributed by atoms with Crippen LogP contribution in [0.5, 0.6) is 0 Å². The van der Waals surface area contributed by atoms with Gasteiger partial charge < -0.3 is 9.47 Å². The van der Waals surface area contributed by atoms with Crippen LogP contribution in [0.2, 0.25) is 0 Å². The number of alkyl halides is 8. The predicted molar refractivity (Wildman–Crippen MR) is 27.4 cm³/mol. The maximum absolute atomic E-state index is 12.8. The van der Waals surface area contributed by atoms with Crippen molar-refractivity contribution in [2.24, 2.45) is 0 Å². The van der Waals surface area contributed by atoms with Crippen molar-refractivity contribution in [3.8, 4) is 0 Å². The van der Waals surface area contributed by atoms with Gasteiger partial charge >= 0.3 is 30.2 Å². The molecule has 0 aromatic rings. The summed E-state index contributed by atoms with van der Waals surface area (Å²) < 4.78 is 102. The van der Waals surface area contributed by atoms with Gasteiger partial charge in [-0.05, 0) is 0 Å².